The third-order valence-electron chi connectivity index (χ3n) is 3.03. The summed E-state index contributed by atoms with van der Waals surface area (Å²) in [6, 6.07) is 0.344. The molecule has 1 saturated carbocycles. The predicted molar refractivity (Wildman–Crippen MR) is 58.2 cm³/mol. The summed E-state index contributed by atoms with van der Waals surface area (Å²) in [6.45, 7) is 6.83. The Kier molecular flexibility index (Phi) is 3.93. The van der Waals surface area contributed by atoms with Crippen LogP contribution < -0.4 is 10.6 Å². The number of carbonyl (C=O) groups is 1. The number of rotatable bonds is 6. The summed E-state index contributed by atoms with van der Waals surface area (Å²) in [5, 5.41) is 6.29. The number of carbonyl (C=O) groups excluding carboxylic acids is 1. The highest BCUT2D eigenvalue weighted by molar-refractivity contribution is 5.78. The molecule has 0 aromatic carbocycles. The smallest absolute Gasteiger partial charge is 0.234 e. The molecule has 0 atom stereocenters. The fourth-order valence-electron chi connectivity index (χ4n) is 1.43. The van der Waals surface area contributed by atoms with Gasteiger partial charge in [0.2, 0.25) is 5.91 Å². The number of hydrogen-bond acceptors (Lipinski definition) is 2. The largest absolute Gasteiger partial charge is 0.352 e. The van der Waals surface area contributed by atoms with Crippen LogP contribution in [-0.4, -0.2) is 24.0 Å². The molecule has 1 rings (SSSR count). The van der Waals surface area contributed by atoms with Gasteiger partial charge in [-0.1, -0.05) is 13.8 Å². The summed E-state index contributed by atoms with van der Waals surface area (Å²) >= 11 is 0. The number of amides is 1. The van der Waals surface area contributed by atoms with Crippen molar-refractivity contribution in [3.63, 3.8) is 0 Å². The van der Waals surface area contributed by atoms with Crippen molar-refractivity contribution >= 4 is 5.91 Å². The molecule has 0 aliphatic heterocycles. The van der Waals surface area contributed by atoms with Gasteiger partial charge < -0.3 is 10.6 Å². The van der Waals surface area contributed by atoms with Gasteiger partial charge in [0, 0.05) is 11.6 Å². The molecule has 0 radical (unpaired) electrons. The van der Waals surface area contributed by atoms with Gasteiger partial charge in [0.25, 0.3) is 0 Å². The monoisotopic (exact) mass is 198 g/mol. The molecule has 0 aromatic rings. The van der Waals surface area contributed by atoms with Crippen molar-refractivity contribution in [2.45, 2.75) is 58.0 Å². The van der Waals surface area contributed by atoms with Crippen molar-refractivity contribution in [1.29, 1.82) is 0 Å². The fourth-order valence-corrected chi connectivity index (χ4v) is 1.43. The van der Waals surface area contributed by atoms with Crippen molar-refractivity contribution < 1.29 is 4.79 Å². The Balaban J connectivity index is 2.14. The summed E-state index contributed by atoms with van der Waals surface area (Å²) in [4.78, 5) is 11.5. The molecular formula is C11H22N2O. The van der Waals surface area contributed by atoms with Crippen LogP contribution in [0, 0.1) is 0 Å². The van der Waals surface area contributed by atoms with E-state index in [0.717, 1.165) is 12.8 Å². The molecule has 3 heteroatoms. The van der Waals surface area contributed by atoms with Gasteiger partial charge in [0.15, 0.2) is 0 Å². The van der Waals surface area contributed by atoms with E-state index in [4.69, 9.17) is 0 Å². The van der Waals surface area contributed by atoms with Crippen LogP contribution in [0.5, 0.6) is 0 Å². The highest BCUT2D eigenvalue weighted by atomic mass is 16.2. The molecule has 1 aliphatic carbocycles. The first-order valence-electron chi connectivity index (χ1n) is 5.64. The fraction of sp³-hybridized carbons (Fsp3) is 0.909. The van der Waals surface area contributed by atoms with E-state index in [1.807, 2.05) is 0 Å². The summed E-state index contributed by atoms with van der Waals surface area (Å²) in [6.07, 6.45) is 4.43. The lowest BCUT2D eigenvalue weighted by atomic mass is 10.2. The van der Waals surface area contributed by atoms with Gasteiger partial charge in [-0.15, -0.1) is 0 Å². The maximum absolute atomic E-state index is 11.5. The zero-order valence-electron chi connectivity index (χ0n) is 9.52. The van der Waals surface area contributed by atoms with Crippen molar-refractivity contribution in [1.82, 2.24) is 10.6 Å². The lowest BCUT2D eigenvalue weighted by molar-refractivity contribution is -0.121. The maximum Gasteiger partial charge on any atom is 0.234 e. The van der Waals surface area contributed by atoms with Gasteiger partial charge in [-0.2, -0.15) is 0 Å². The topological polar surface area (TPSA) is 41.1 Å². The third kappa shape index (κ3) is 3.66. The average molecular weight is 198 g/mol. The number of hydrogen-bond donors (Lipinski definition) is 2. The van der Waals surface area contributed by atoms with E-state index in [1.165, 1.54) is 12.8 Å². The molecule has 14 heavy (non-hydrogen) atoms. The second-order valence-corrected chi connectivity index (χ2v) is 4.50. The van der Waals surface area contributed by atoms with Gasteiger partial charge in [-0.25, -0.2) is 0 Å². The zero-order valence-corrected chi connectivity index (χ0v) is 9.52. The van der Waals surface area contributed by atoms with E-state index in [-0.39, 0.29) is 11.4 Å². The van der Waals surface area contributed by atoms with Gasteiger partial charge >= 0.3 is 0 Å². The molecule has 1 aliphatic rings. The second-order valence-electron chi connectivity index (χ2n) is 4.50. The van der Waals surface area contributed by atoms with Crippen LogP contribution in [0.2, 0.25) is 0 Å². The lowest BCUT2D eigenvalue weighted by Crippen LogP contribution is -2.42. The van der Waals surface area contributed by atoms with Gasteiger partial charge in [-0.3, -0.25) is 4.79 Å². The van der Waals surface area contributed by atoms with E-state index in [9.17, 15) is 4.79 Å². The Labute approximate surface area is 86.6 Å². The van der Waals surface area contributed by atoms with Crippen LogP contribution >= 0.6 is 0 Å². The van der Waals surface area contributed by atoms with Crippen LogP contribution in [-0.2, 0) is 4.79 Å². The Morgan fingerprint density at radius 1 is 1.36 bits per heavy atom. The molecule has 0 aromatic heterocycles. The SMILES string of the molecule is CCC(CC)NC(=O)CNC1(C)CC1. The van der Waals surface area contributed by atoms with Crippen molar-refractivity contribution in [3.05, 3.63) is 0 Å². The van der Waals surface area contributed by atoms with Crippen molar-refractivity contribution in [2.24, 2.45) is 0 Å². The molecule has 0 unspecified atom stereocenters. The van der Waals surface area contributed by atoms with E-state index in [1.54, 1.807) is 0 Å². The van der Waals surface area contributed by atoms with Crippen LogP contribution in [0.4, 0.5) is 0 Å². The van der Waals surface area contributed by atoms with Crippen molar-refractivity contribution in [2.75, 3.05) is 6.54 Å². The molecule has 2 N–H and O–H groups in total. The Morgan fingerprint density at radius 2 is 1.93 bits per heavy atom. The highest BCUT2D eigenvalue weighted by Crippen LogP contribution is 2.33. The van der Waals surface area contributed by atoms with E-state index in [0.29, 0.717) is 12.6 Å². The molecule has 0 bridgehead atoms. The summed E-state index contributed by atoms with van der Waals surface area (Å²) in [5.74, 6) is 0.131. The average Bonchev–Trinajstić information content (AvgIpc) is 2.90. The molecule has 3 nitrogen and oxygen atoms in total. The zero-order chi connectivity index (χ0) is 10.6. The quantitative estimate of drug-likeness (QED) is 0.678. The molecular weight excluding hydrogens is 176 g/mol. The normalized spacial score (nSPS) is 18.3. The molecule has 0 heterocycles. The highest BCUT2D eigenvalue weighted by Gasteiger charge is 2.36. The third-order valence-corrected chi connectivity index (χ3v) is 3.03. The first-order valence-corrected chi connectivity index (χ1v) is 5.64. The summed E-state index contributed by atoms with van der Waals surface area (Å²) in [7, 11) is 0. The predicted octanol–water partition coefficient (Wildman–Crippen LogP) is 1.43. The maximum atomic E-state index is 11.5. The Bertz CT molecular complexity index is 195. The number of nitrogens with one attached hydrogen (secondary N) is 2. The minimum atomic E-state index is 0.131. The Morgan fingerprint density at radius 3 is 2.36 bits per heavy atom. The Hall–Kier alpha value is -0.570. The molecule has 0 saturated heterocycles. The second kappa shape index (κ2) is 4.78. The van der Waals surface area contributed by atoms with E-state index >= 15 is 0 Å². The van der Waals surface area contributed by atoms with Crippen molar-refractivity contribution in [3.8, 4) is 0 Å². The van der Waals surface area contributed by atoms with E-state index in [2.05, 4.69) is 31.4 Å². The summed E-state index contributed by atoms with van der Waals surface area (Å²) in [5.41, 5.74) is 0.255. The summed E-state index contributed by atoms with van der Waals surface area (Å²) < 4.78 is 0. The minimum absolute atomic E-state index is 0.131. The first-order chi connectivity index (χ1) is 6.59. The standard InChI is InChI=1S/C11H22N2O/c1-4-9(5-2)13-10(14)8-12-11(3)6-7-11/h9,12H,4-8H2,1-3H3,(H,13,14). The van der Waals surface area contributed by atoms with Crippen LogP contribution in [0.1, 0.15) is 46.5 Å². The molecule has 0 spiro atoms. The minimum Gasteiger partial charge on any atom is -0.352 e. The van der Waals surface area contributed by atoms with Gasteiger partial charge in [0.1, 0.15) is 0 Å². The van der Waals surface area contributed by atoms with E-state index < -0.39 is 0 Å². The molecule has 1 amide bonds. The lowest BCUT2D eigenvalue weighted by Gasteiger charge is -2.16. The van der Waals surface area contributed by atoms with Gasteiger partial charge in [0.05, 0.1) is 6.54 Å². The van der Waals surface area contributed by atoms with Crippen LogP contribution in [0.3, 0.4) is 0 Å². The van der Waals surface area contributed by atoms with Crippen LogP contribution in [0.25, 0.3) is 0 Å². The molecule has 1 fully saturated rings. The van der Waals surface area contributed by atoms with Crippen LogP contribution in [0.15, 0.2) is 0 Å². The first kappa shape index (κ1) is 11.5. The van der Waals surface area contributed by atoms with Gasteiger partial charge in [-0.05, 0) is 32.6 Å². The molecule has 82 valence electrons.